The van der Waals surface area contributed by atoms with E-state index in [4.69, 9.17) is 11.6 Å². The van der Waals surface area contributed by atoms with Gasteiger partial charge in [-0.05, 0) is 55.6 Å². The van der Waals surface area contributed by atoms with Gasteiger partial charge in [0, 0.05) is 5.02 Å². The fourth-order valence-electron chi connectivity index (χ4n) is 2.61. The molecule has 0 aromatic heterocycles. The highest BCUT2D eigenvalue weighted by Crippen LogP contribution is 2.31. The Morgan fingerprint density at radius 1 is 0.950 bits per heavy atom. The van der Waals surface area contributed by atoms with Crippen LogP contribution >= 0.6 is 11.6 Å². The van der Waals surface area contributed by atoms with E-state index in [0.29, 0.717) is 0 Å². The van der Waals surface area contributed by atoms with Gasteiger partial charge in [-0.2, -0.15) is 0 Å². The third kappa shape index (κ3) is 3.23. The van der Waals surface area contributed by atoms with Gasteiger partial charge in [-0.3, -0.25) is 0 Å². The van der Waals surface area contributed by atoms with Crippen LogP contribution in [0.2, 0.25) is 5.02 Å². The predicted molar refractivity (Wildman–Crippen MR) is 87.6 cm³/mol. The first-order valence-electron chi connectivity index (χ1n) is 7.09. The van der Waals surface area contributed by atoms with Gasteiger partial charge in [-0.25, -0.2) is 0 Å². The van der Waals surface area contributed by atoms with E-state index in [-0.39, 0.29) is 6.04 Å². The lowest BCUT2D eigenvalue weighted by atomic mass is 9.93. The van der Waals surface area contributed by atoms with E-state index in [1.165, 1.54) is 22.3 Å². The second-order valence-corrected chi connectivity index (χ2v) is 5.78. The molecule has 1 unspecified atom stereocenters. The van der Waals surface area contributed by atoms with Crippen LogP contribution in [0.1, 0.15) is 40.8 Å². The van der Waals surface area contributed by atoms with Crippen LogP contribution in [0.15, 0.2) is 36.4 Å². The van der Waals surface area contributed by atoms with Crippen molar-refractivity contribution in [2.45, 2.75) is 33.7 Å². The first kappa shape index (κ1) is 15.1. The molecule has 1 nitrogen and oxygen atoms in total. The molecular formula is C18H22ClN. The fraction of sp³-hybridized carbons (Fsp3) is 0.333. The van der Waals surface area contributed by atoms with Crippen molar-refractivity contribution in [3.63, 3.8) is 0 Å². The van der Waals surface area contributed by atoms with Crippen molar-refractivity contribution in [2.75, 3.05) is 6.54 Å². The molecule has 0 fully saturated rings. The second kappa shape index (κ2) is 6.43. The lowest BCUT2D eigenvalue weighted by molar-refractivity contribution is 0.627. The molecular weight excluding hydrogens is 266 g/mol. The number of aryl methyl sites for hydroxylation is 3. The van der Waals surface area contributed by atoms with Crippen LogP contribution in [0.25, 0.3) is 0 Å². The minimum absolute atomic E-state index is 0.147. The van der Waals surface area contributed by atoms with E-state index in [0.717, 1.165) is 17.1 Å². The summed E-state index contributed by atoms with van der Waals surface area (Å²) in [5, 5.41) is 4.38. The summed E-state index contributed by atoms with van der Waals surface area (Å²) in [7, 11) is 0. The smallest absolute Gasteiger partial charge is 0.0593 e. The third-order valence-electron chi connectivity index (χ3n) is 3.61. The Hall–Kier alpha value is -1.31. The zero-order valence-corrected chi connectivity index (χ0v) is 13.4. The lowest BCUT2D eigenvalue weighted by Gasteiger charge is -2.22. The van der Waals surface area contributed by atoms with Gasteiger partial charge in [0.1, 0.15) is 0 Å². The summed E-state index contributed by atoms with van der Waals surface area (Å²) < 4.78 is 0. The molecule has 1 atom stereocenters. The Morgan fingerprint density at radius 3 is 2.10 bits per heavy atom. The van der Waals surface area contributed by atoms with Gasteiger partial charge in [-0.15, -0.1) is 0 Å². The van der Waals surface area contributed by atoms with Crippen LogP contribution in [-0.2, 0) is 0 Å². The molecule has 1 N–H and O–H groups in total. The molecule has 0 spiro atoms. The largest absolute Gasteiger partial charge is 0.306 e. The Labute approximate surface area is 127 Å². The van der Waals surface area contributed by atoms with Crippen molar-refractivity contribution in [3.05, 3.63) is 69.2 Å². The average molecular weight is 288 g/mol. The molecule has 2 aromatic carbocycles. The highest BCUT2D eigenvalue weighted by Gasteiger charge is 2.17. The summed E-state index contributed by atoms with van der Waals surface area (Å²) in [5.41, 5.74) is 6.22. The highest BCUT2D eigenvalue weighted by molar-refractivity contribution is 6.31. The van der Waals surface area contributed by atoms with Gasteiger partial charge < -0.3 is 5.32 Å². The Bertz CT molecular complexity index is 553. The molecule has 0 bridgehead atoms. The normalized spacial score (nSPS) is 12.4. The molecule has 0 radical (unpaired) electrons. The summed E-state index contributed by atoms with van der Waals surface area (Å²) in [6.45, 7) is 9.38. The lowest BCUT2D eigenvalue weighted by Crippen LogP contribution is -2.23. The van der Waals surface area contributed by atoms with Crippen LogP contribution in [0.4, 0.5) is 0 Å². The standard InChI is InChI=1S/C18H22ClN/c1-5-20-18(15-8-6-12(2)10-14(15)4)16-9-7-13(3)11-17(16)19/h6-11,18,20H,5H2,1-4H3. The molecule has 2 aromatic rings. The zero-order valence-electron chi connectivity index (χ0n) is 12.6. The van der Waals surface area contributed by atoms with Crippen molar-refractivity contribution in [3.8, 4) is 0 Å². The molecule has 0 aliphatic carbocycles. The first-order chi connectivity index (χ1) is 9.52. The molecule has 0 aliphatic heterocycles. The van der Waals surface area contributed by atoms with Gasteiger partial charge in [0.15, 0.2) is 0 Å². The fourth-order valence-corrected chi connectivity index (χ4v) is 2.95. The molecule has 0 heterocycles. The van der Waals surface area contributed by atoms with Crippen LogP contribution in [0.5, 0.6) is 0 Å². The second-order valence-electron chi connectivity index (χ2n) is 5.38. The van der Waals surface area contributed by atoms with Crippen molar-refractivity contribution >= 4 is 11.6 Å². The minimum atomic E-state index is 0.147. The van der Waals surface area contributed by atoms with Gasteiger partial charge in [0.25, 0.3) is 0 Å². The maximum absolute atomic E-state index is 6.45. The Balaban J connectivity index is 2.50. The van der Waals surface area contributed by atoms with Crippen LogP contribution < -0.4 is 5.32 Å². The van der Waals surface area contributed by atoms with E-state index < -0.39 is 0 Å². The molecule has 20 heavy (non-hydrogen) atoms. The van der Waals surface area contributed by atoms with E-state index in [1.54, 1.807) is 0 Å². The molecule has 0 saturated heterocycles. The number of hydrogen-bond donors (Lipinski definition) is 1. The molecule has 0 saturated carbocycles. The number of benzene rings is 2. The summed E-state index contributed by atoms with van der Waals surface area (Å²) in [5.74, 6) is 0. The van der Waals surface area contributed by atoms with Gasteiger partial charge in [-0.1, -0.05) is 54.4 Å². The first-order valence-corrected chi connectivity index (χ1v) is 7.47. The predicted octanol–water partition coefficient (Wildman–Crippen LogP) is 4.96. The number of halogens is 1. The van der Waals surface area contributed by atoms with Crippen LogP contribution in [0.3, 0.4) is 0 Å². The maximum atomic E-state index is 6.45. The Morgan fingerprint density at radius 2 is 1.55 bits per heavy atom. The summed E-state index contributed by atoms with van der Waals surface area (Å²) >= 11 is 6.45. The highest BCUT2D eigenvalue weighted by atomic mass is 35.5. The van der Waals surface area contributed by atoms with E-state index in [1.807, 2.05) is 6.07 Å². The number of nitrogens with one attached hydrogen (secondary N) is 1. The number of rotatable bonds is 4. The van der Waals surface area contributed by atoms with Gasteiger partial charge in [0.05, 0.1) is 6.04 Å². The van der Waals surface area contributed by atoms with Crippen molar-refractivity contribution in [2.24, 2.45) is 0 Å². The topological polar surface area (TPSA) is 12.0 Å². The molecule has 2 heteroatoms. The van der Waals surface area contributed by atoms with Gasteiger partial charge in [0.2, 0.25) is 0 Å². The minimum Gasteiger partial charge on any atom is -0.306 e. The molecule has 106 valence electrons. The van der Waals surface area contributed by atoms with Gasteiger partial charge >= 0.3 is 0 Å². The summed E-state index contributed by atoms with van der Waals surface area (Å²) in [4.78, 5) is 0. The SMILES string of the molecule is CCNC(c1ccc(C)cc1C)c1ccc(C)cc1Cl. The molecule has 0 aliphatic rings. The third-order valence-corrected chi connectivity index (χ3v) is 3.94. The quantitative estimate of drug-likeness (QED) is 0.838. The van der Waals surface area contributed by atoms with Crippen molar-refractivity contribution in [1.82, 2.24) is 5.32 Å². The molecule has 2 rings (SSSR count). The van der Waals surface area contributed by atoms with Crippen LogP contribution in [0, 0.1) is 20.8 Å². The zero-order chi connectivity index (χ0) is 14.7. The van der Waals surface area contributed by atoms with E-state index >= 15 is 0 Å². The maximum Gasteiger partial charge on any atom is 0.0593 e. The summed E-state index contributed by atoms with van der Waals surface area (Å²) in [6, 6.07) is 13.0. The number of hydrogen-bond acceptors (Lipinski definition) is 1. The average Bonchev–Trinajstić information content (AvgIpc) is 2.37. The Kier molecular flexibility index (Phi) is 4.85. The summed E-state index contributed by atoms with van der Waals surface area (Å²) in [6.07, 6.45) is 0. The molecule has 0 amide bonds. The van der Waals surface area contributed by atoms with Crippen molar-refractivity contribution < 1.29 is 0 Å². The van der Waals surface area contributed by atoms with Crippen molar-refractivity contribution in [1.29, 1.82) is 0 Å². The van der Waals surface area contributed by atoms with E-state index in [9.17, 15) is 0 Å². The monoisotopic (exact) mass is 287 g/mol. The van der Waals surface area contributed by atoms with Crippen LogP contribution in [-0.4, -0.2) is 6.54 Å². The van der Waals surface area contributed by atoms with E-state index in [2.05, 4.69) is 63.3 Å².